The molecule has 1 unspecified atom stereocenters. The second kappa shape index (κ2) is 7.34. The average molecular weight is 218 g/mol. The van der Waals surface area contributed by atoms with E-state index >= 15 is 0 Å². The van der Waals surface area contributed by atoms with Crippen LogP contribution in [0.1, 0.15) is 25.8 Å². The highest BCUT2D eigenvalue weighted by Crippen LogP contribution is 2.10. The molecule has 0 spiro atoms. The summed E-state index contributed by atoms with van der Waals surface area (Å²) >= 11 is 0. The fraction of sp³-hybridized carbons (Fsp3) is 0.533. The minimum absolute atomic E-state index is 0.504. The molecule has 1 aromatic carbocycles. The van der Waals surface area contributed by atoms with Gasteiger partial charge in [-0.3, -0.25) is 0 Å². The van der Waals surface area contributed by atoms with Gasteiger partial charge in [-0.2, -0.15) is 0 Å². The van der Waals surface area contributed by atoms with E-state index in [0.29, 0.717) is 5.92 Å². The fourth-order valence-corrected chi connectivity index (χ4v) is 1.82. The molecule has 0 aliphatic rings. The Kier molecular flexibility index (Phi) is 6.02. The molecule has 1 heteroatoms. The first-order valence-electron chi connectivity index (χ1n) is 6.26. The van der Waals surface area contributed by atoms with Gasteiger partial charge in [-0.15, -0.1) is 0 Å². The molecular formula is C15H24N+. The molecule has 88 valence electrons. The quantitative estimate of drug-likeness (QED) is 0.547. The van der Waals surface area contributed by atoms with Gasteiger partial charge >= 0.3 is 0 Å². The highest BCUT2D eigenvalue weighted by atomic mass is 14.8. The topological polar surface area (TPSA) is 12.0 Å². The third kappa shape index (κ3) is 5.82. The summed E-state index contributed by atoms with van der Waals surface area (Å²) in [5.74, 6) is 1.25. The summed E-state index contributed by atoms with van der Waals surface area (Å²) < 4.78 is 0. The zero-order chi connectivity index (χ0) is 11.8. The number of hydrogen-bond donors (Lipinski definition) is 1. The summed E-state index contributed by atoms with van der Waals surface area (Å²) in [6.07, 6.45) is 2.42. The summed E-state index contributed by atoms with van der Waals surface area (Å²) in [5, 5.41) is 3.44. The standard InChI is InChI=1S/C15H24N/c1-13(2)12-16-10-9-14(3)11-15-7-5-4-6-8-15/h4-8,13-14,16H,1,9-12H2,2-3H3/q+1/t13?,14-/m1/s1. The van der Waals surface area contributed by atoms with Crippen molar-refractivity contribution in [3.05, 3.63) is 42.8 Å². The van der Waals surface area contributed by atoms with Gasteiger partial charge in [-0.1, -0.05) is 37.3 Å². The molecule has 0 saturated carbocycles. The molecule has 1 N–H and O–H groups in total. The monoisotopic (exact) mass is 218 g/mol. The van der Waals surface area contributed by atoms with Gasteiger partial charge in [0, 0.05) is 6.54 Å². The lowest BCUT2D eigenvalue weighted by Crippen LogP contribution is -2.22. The predicted molar refractivity (Wildman–Crippen MR) is 71.3 cm³/mol. The first-order chi connectivity index (χ1) is 7.68. The van der Waals surface area contributed by atoms with Crippen molar-refractivity contribution in [2.75, 3.05) is 13.1 Å². The zero-order valence-corrected chi connectivity index (χ0v) is 10.6. The molecule has 0 heterocycles. The molecule has 0 bridgehead atoms. The molecule has 0 fully saturated rings. The Bertz CT molecular complexity index is 266. The number of benzene rings is 1. The van der Waals surface area contributed by atoms with Gasteiger partial charge in [0.25, 0.3) is 0 Å². The molecular weight excluding hydrogens is 194 g/mol. The van der Waals surface area contributed by atoms with E-state index in [4.69, 9.17) is 0 Å². The molecule has 0 aliphatic heterocycles. The maximum atomic E-state index is 3.96. The van der Waals surface area contributed by atoms with Gasteiger partial charge in [-0.05, 0) is 37.8 Å². The Morgan fingerprint density at radius 1 is 1.19 bits per heavy atom. The van der Waals surface area contributed by atoms with Crippen molar-refractivity contribution < 1.29 is 0 Å². The summed E-state index contributed by atoms with van der Waals surface area (Å²) in [5.41, 5.74) is 1.44. The molecule has 0 amide bonds. The van der Waals surface area contributed by atoms with Crippen LogP contribution in [0, 0.1) is 18.8 Å². The van der Waals surface area contributed by atoms with Gasteiger partial charge in [0.1, 0.15) is 5.92 Å². The van der Waals surface area contributed by atoms with E-state index in [1.807, 2.05) is 0 Å². The SMILES string of the molecule is [CH2+]C(C)CNCC[C@@H](C)Cc1ccccc1. The summed E-state index contributed by atoms with van der Waals surface area (Å²) in [4.78, 5) is 0. The Hall–Kier alpha value is -0.950. The molecule has 1 rings (SSSR count). The highest BCUT2D eigenvalue weighted by molar-refractivity contribution is 5.14. The molecule has 16 heavy (non-hydrogen) atoms. The van der Waals surface area contributed by atoms with Crippen molar-refractivity contribution in [1.82, 2.24) is 5.32 Å². The summed E-state index contributed by atoms with van der Waals surface area (Å²) in [7, 11) is 0. The van der Waals surface area contributed by atoms with Gasteiger partial charge in [0.2, 0.25) is 0 Å². The van der Waals surface area contributed by atoms with Gasteiger partial charge < -0.3 is 5.32 Å². The number of rotatable bonds is 7. The normalized spacial score (nSPS) is 14.6. The van der Waals surface area contributed by atoms with Crippen LogP contribution in [0.25, 0.3) is 0 Å². The molecule has 0 aliphatic carbocycles. The maximum Gasteiger partial charge on any atom is 0.105 e. The number of nitrogens with one attached hydrogen (secondary N) is 1. The van der Waals surface area contributed by atoms with E-state index in [0.717, 1.165) is 19.0 Å². The Morgan fingerprint density at radius 2 is 1.88 bits per heavy atom. The Labute approximate surface area is 100 Å². The second-order valence-electron chi connectivity index (χ2n) is 4.89. The van der Waals surface area contributed by atoms with Gasteiger partial charge in [0.05, 0.1) is 6.92 Å². The van der Waals surface area contributed by atoms with Crippen LogP contribution >= 0.6 is 0 Å². The van der Waals surface area contributed by atoms with Crippen LogP contribution in [-0.4, -0.2) is 13.1 Å². The van der Waals surface area contributed by atoms with E-state index < -0.39 is 0 Å². The van der Waals surface area contributed by atoms with Crippen LogP contribution in [0.4, 0.5) is 0 Å². The zero-order valence-electron chi connectivity index (χ0n) is 10.6. The van der Waals surface area contributed by atoms with Crippen molar-refractivity contribution in [3.63, 3.8) is 0 Å². The van der Waals surface area contributed by atoms with Gasteiger partial charge in [-0.25, -0.2) is 0 Å². The van der Waals surface area contributed by atoms with Crippen molar-refractivity contribution in [3.8, 4) is 0 Å². The molecule has 1 nitrogen and oxygen atoms in total. The van der Waals surface area contributed by atoms with Crippen LogP contribution in [0.3, 0.4) is 0 Å². The van der Waals surface area contributed by atoms with Crippen LogP contribution < -0.4 is 5.32 Å². The second-order valence-corrected chi connectivity index (χ2v) is 4.89. The first-order valence-corrected chi connectivity index (χ1v) is 6.26. The molecule has 2 atom stereocenters. The van der Waals surface area contributed by atoms with Crippen LogP contribution in [0.5, 0.6) is 0 Å². The number of hydrogen-bond acceptors (Lipinski definition) is 1. The van der Waals surface area contributed by atoms with E-state index in [1.54, 1.807) is 0 Å². The minimum Gasteiger partial charge on any atom is -0.312 e. The minimum atomic E-state index is 0.504. The molecule has 0 aromatic heterocycles. The van der Waals surface area contributed by atoms with Crippen LogP contribution in [-0.2, 0) is 6.42 Å². The van der Waals surface area contributed by atoms with E-state index in [1.165, 1.54) is 18.4 Å². The highest BCUT2D eigenvalue weighted by Gasteiger charge is 2.04. The van der Waals surface area contributed by atoms with Crippen molar-refractivity contribution >= 4 is 0 Å². The largest absolute Gasteiger partial charge is 0.312 e. The van der Waals surface area contributed by atoms with Crippen LogP contribution in [0.15, 0.2) is 30.3 Å². The summed E-state index contributed by atoms with van der Waals surface area (Å²) in [6, 6.07) is 10.7. The Morgan fingerprint density at radius 3 is 2.50 bits per heavy atom. The van der Waals surface area contributed by atoms with Crippen molar-refractivity contribution in [2.45, 2.75) is 26.7 Å². The summed E-state index contributed by atoms with van der Waals surface area (Å²) in [6.45, 7) is 10.6. The van der Waals surface area contributed by atoms with Crippen LogP contribution in [0.2, 0.25) is 0 Å². The third-order valence-corrected chi connectivity index (χ3v) is 2.73. The van der Waals surface area contributed by atoms with Crippen molar-refractivity contribution in [1.29, 1.82) is 0 Å². The lowest BCUT2D eigenvalue weighted by atomic mass is 9.98. The molecule has 0 saturated heterocycles. The predicted octanol–water partition coefficient (Wildman–Crippen LogP) is 3.32. The van der Waals surface area contributed by atoms with E-state index in [2.05, 4.69) is 56.4 Å². The Balaban J connectivity index is 2.14. The van der Waals surface area contributed by atoms with Crippen molar-refractivity contribution in [2.24, 2.45) is 11.8 Å². The van der Waals surface area contributed by atoms with Gasteiger partial charge in [0.15, 0.2) is 0 Å². The molecule has 0 radical (unpaired) electrons. The molecule has 1 aromatic rings. The lowest BCUT2D eigenvalue weighted by Gasteiger charge is -2.12. The van der Waals surface area contributed by atoms with E-state index in [-0.39, 0.29) is 0 Å². The first kappa shape index (κ1) is 13.1. The maximum absolute atomic E-state index is 3.96. The smallest absolute Gasteiger partial charge is 0.105 e. The average Bonchev–Trinajstić information content (AvgIpc) is 2.25. The van der Waals surface area contributed by atoms with E-state index in [9.17, 15) is 0 Å². The fourth-order valence-electron chi connectivity index (χ4n) is 1.82. The lowest BCUT2D eigenvalue weighted by molar-refractivity contribution is 0.484. The third-order valence-electron chi connectivity index (χ3n) is 2.73.